The van der Waals surface area contributed by atoms with Gasteiger partial charge in [-0.2, -0.15) is 0 Å². The number of hydrogen-bond donors (Lipinski definition) is 3. The Bertz CT molecular complexity index is 1130. The van der Waals surface area contributed by atoms with Crippen molar-refractivity contribution >= 4 is 16.9 Å². The molecular formula is C24H27FN6. The topological polar surface area (TPSA) is 70.0 Å². The van der Waals surface area contributed by atoms with Crippen LogP contribution in [0.15, 0.2) is 72.4 Å². The first-order chi connectivity index (χ1) is 15.2. The fraction of sp³-hybridized carbons (Fsp3) is 0.250. The van der Waals surface area contributed by atoms with Crippen LogP contribution in [-0.4, -0.2) is 33.6 Å². The first-order valence-corrected chi connectivity index (χ1v) is 10.5. The summed E-state index contributed by atoms with van der Waals surface area (Å²) >= 11 is 0. The van der Waals surface area contributed by atoms with Crippen LogP contribution in [0.1, 0.15) is 23.6 Å². The predicted octanol–water partition coefficient (Wildman–Crippen LogP) is 3.85. The summed E-state index contributed by atoms with van der Waals surface area (Å²) in [5.74, 6) is 0.561. The second-order valence-corrected chi connectivity index (χ2v) is 7.43. The molecule has 2 aromatic carbocycles. The third-order valence-electron chi connectivity index (χ3n) is 5.13. The predicted molar refractivity (Wildman–Crippen MR) is 123 cm³/mol. The molecule has 0 aliphatic rings. The Hall–Kier alpha value is -3.61. The Morgan fingerprint density at radius 2 is 1.97 bits per heavy atom. The lowest BCUT2D eigenvalue weighted by Crippen LogP contribution is -2.38. The van der Waals surface area contributed by atoms with Crippen LogP contribution in [0.5, 0.6) is 0 Å². The third-order valence-corrected chi connectivity index (χ3v) is 5.13. The molecule has 0 atom stereocenters. The number of rotatable bonds is 8. The van der Waals surface area contributed by atoms with E-state index in [1.165, 1.54) is 17.7 Å². The normalized spacial score (nSPS) is 11.7. The molecule has 0 aliphatic heterocycles. The molecule has 2 aromatic heterocycles. The van der Waals surface area contributed by atoms with E-state index < -0.39 is 0 Å². The summed E-state index contributed by atoms with van der Waals surface area (Å²) < 4.78 is 15.4. The average Bonchev–Trinajstić information content (AvgIpc) is 3.43. The van der Waals surface area contributed by atoms with E-state index in [0.717, 1.165) is 54.0 Å². The van der Waals surface area contributed by atoms with Crippen LogP contribution in [0.3, 0.4) is 0 Å². The van der Waals surface area contributed by atoms with Gasteiger partial charge in [-0.3, -0.25) is 0 Å². The molecule has 4 rings (SSSR count). The van der Waals surface area contributed by atoms with Crippen LogP contribution < -0.4 is 10.6 Å². The molecule has 6 nitrogen and oxygen atoms in total. The monoisotopic (exact) mass is 418 g/mol. The van der Waals surface area contributed by atoms with Gasteiger partial charge in [-0.05, 0) is 48.2 Å². The first-order valence-electron chi connectivity index (χ1n) is 10.5. The highest BCUT2D eigenvalue weighted by atomic mass is 19.1. The van der Waals surface area contributed by atoms with Gasteiger partial charge >= 0.3 is 0 Å². The number of guanidine groups is 1. The van der Waals surface area contributed by atoms with Gasteiger partial charge in [-0.25, -0.2) is 14.4 Å². The van der Waals surface area contributed by atoms with E-state index in [2.05, 4.69) is 51.8 Å². The van der Waals surface area contributed by atoms with Crippen LogP contribution >= 0.6 is 0 Å². The van der Waals surface area contributed by atoms with Gasteiger partial charge in [0.05, 0.1) is 12.9 Å². The van der Waals surface area contributed by atoms with Gasteiger partial charge in [-0.1, -0.05) is 24.3 Å². The summed E-state index contributed by atoms with van der Waals surface area (Å²) in [5, 5.41) is 7.73. The highest BCUT2D eigenvalue weighted by Crippen LogP contribution is 2.19. The molecule has 0 saturated heterocycles. The molecule has 31 heavy (non-hydrogen) atoms. The van der Waals surface area contributed by atoms with Gasteiger partial charge < -0.3 is 20.2 Å². The molecule has 0 bridgehead atoms. The Labute approximate surface area is 181 Å². The van der Waals surface area contributed by atoms with Crippen molar-refractivity contribution in [2.75, 3.05) is 13.1 Å². The van der Waals surface area contributed by atoms with Gasteiger partial charge in [0, 0.05) is 49.1 Å². The van der Waals surface area contributed by atoms with Crippen molar-refractivity contribution < 1.29 is 4.39 Å². The Balaban J connectivity index is 1.32. The fourth-order valence-corrected chi connectivity index (χ4v) is 3.53. The number of aliphatic imine (C=N–C) groups is 1. The summed E-state index contributed by atoms with van der Waals surface area (Å²) in [6, 6.07) is 13.3. The lowest BCUT2D eigenvalue weighted by Gasteiger charge is -2.11. The zero-order valence-corrected chi connectivity index (χ0v) is 17.6. The number of aromatic amines is 1. The minimum atomic E-state index is -0.227. The maximum atomic E-state index is 13.4. The number of benzene rings is 2. The number of aromatic nitrogens is 3. The van der Waals surface area contributed by atoms with Gasteiger partial charge in [0.25, 0.3) is 0 Å². The van der Waals surface area contributed by atoms with Crippen molar-refractivity contribution in [3.05, 3.63) is 89.9 Å². The number of fused-ring (bicyclic) bond motifs is 1. The van der Waals surface area contributed by atoms with E-state index in [0.29, 0.717) is 6.54 Å². The van der Waals surface area contributed by atoms with E-state index in [1.54, 1.807) is 6.20 Å². The van der Waals surface area contributed by atoms with E-state index >= 15 is 0 Å². The zero-order valence-electron chi connectivity index (χ0n) is 17.6. The van der Waals surface area contributed by atoms with Crippen LogP contribution in [0.4, 0.5) is 4.39 Å². The number of imidazole rings is 1. The summed E-state index contributed by atoms with van der Waals surface area (Å²) in [7, 11) is 0. The summed E-state index contributed by atoms with van der Waals surface area (Å²) in [5.41, 5.74) is 4.37. The van der Waals surface area contributed by atoms with Crippen LogP contribution in [0.25, 0.3) is 10.9 Å². The van der Waals surface area contributed by atoms with E-state index in [1.807, 2.05) is 29.4 Å². The van der Waals surface area contributed by atoms with Gasteiger partial charge in [-0.15, -0.1) is 0 Å². The molecule has 0 saturated carbocycles. The van der Waals surface area contributed by atoms with Gasteiger partial charge in [0.15, 0.2) is 5.96 Å². The van der Waals surface area contributed by atoms with Crippen molar-refractivity contribution in [2.45, 2.75) is 26.4 Å². The molecule has 0 radical (unpaired) electrons. The highest BCUT2D eigenvalue weighted by Gasteiger charge is 2.05. The number of nitrogens with zero attached hydrogens (tertiary/aromatic N) is 3. The standard InChI is InChI=1S/C24H27FN6/c1-2-27-24(28-10-9-20-15-29-23-13-21(25)7-8-22(20)23)30-14-18-3-5-19(6-4-18)16-31-12-11-26-17-31/h3-8,11-13,15,17,29H,2,9-10,14,16H2,1H3,(H2,27,28,30). The third kappa shape index (κ3) is 5.51. The number of nitrogens with one attached hydrogen (secondary N) is 3. The molecule has 0 amide bonds. The van der Waals surface area contributed by atoms with Crippen molar-refractivity contribution in [1.29, 1.82) is 0 Å². The molecule has 0 unspecified atom stereocenters. The first kappa shape index (κ1) is 20.7. The SMILES string of the molecule is CCNC(=NCc1ccc(Cn2ccnc2)cc1)NCCc1c[nH]c2cc(F)ccc12. The molecule has 160 valence electrons. The number of halogens is 1. The average molecular weight is 419 g/mol. The minimum absolute atomic E-state index is 0.227. The number of H-pyrrole nitrogens is 1. The molecule has 4 aromatic rings. The molecule has 0 fully saturated rings. The van der Waals surface area contributed by atoms with Crippen LogP contribution in [0, 0.1) is 5.82 Å². The van der Waals surface area contributed by atoms with Gasteiger partial charge in [0.2, 0.25) is 0 Å². The molecule has 0 aliphatic carbocycles. The van der Waals surface area contributed by atoms with Gasteiger partial charge in [0.1, 0.15) is 5.82 Å². The Kier molecular flexibility index (Phi) is 6.62. The molecule has 2 heterocycles. The lowest BCUT2D eigenvalue weighted by molar-refractivity contribution is 0.629. The fourth-order valence-electron chi connectivity index (χ4n) is 3.53. The Morgan fingerprint density at radius 3 is 2.74 bits per heavy atom. The van der Waals surface area contributed by atoms with Crippen molar-refractivity contribution in [3.8, 4) is 0 Å². The second-order valence-electron chi connectivity index (χ2n) is 7.43. The zero-order chi connectivity index (χ0) is 21.5. The highest BCUT2D eigenvalue weighted by molar-refractivity contribution is 5.83. The van der Waals surface area contributed by atoms with E-state index in [9.17, 15) is 4.39 Å². The molecular weight excluding hydrogens is 391 g/mol. The number of hydrogen-bond acceptors (Lipinski definition) is 2. The second kappa shape index (κ2) is 9.93. The van der Waals surface area contributed by atoms with E-state index in [4.69, 9.17) is 4.99 Å². The quantitative estimate of drug-likeness (QED) is 0.301. The maximum Gasteiger partial charge on any atom is 0.191 e. The van der Waals surface area contributed by atoms with Crippen molar-refractivity contribution in [2.24, 2.45) is 4.99 Å². The Morgan fingerprint density at radius 1 is 1.13 bits per heavy atom. The lowest BCUT2D eigenvalue weighted by atomic mass is 10.1. The summed E-state index contributed by atoms with van der Waals surface area (Å²) in [6.45, 7) is 5.00. The summed E-state index contributed by atoms with van der Waals surface area (Å²) in [6.07, 6.45) is 8.33. The van der Waals surface area contributed by atoms with Crippen LogP contribution in [-0.2, 0) is 19.5 Å². The van der Waals surface area contributed by atoms with E-state index in [-0.39, 0.29) is 5.82 Å². The van der Waals surface area contributed by atoms with Crippen LogP contribution in [0.2, 0.25) is 0 Å². The molecule has 0 spiro atoms. The van der Waals surface area contributed by atoms with Crippen molar-refractivity contribution in [1.82, 2.24) is 25.2 Å². The summed E-state index contributed by atoms with van der Waals surface area (Å²) in [4.78, 5) is 11.9. The van der Waals surface area contributed by atoms with Crippen molar-refractivity contribution in [3.63, 3.8) is 0 Å². The molecule has 7 heteroatoms. The minimum Gasteiger partial charge on any atom is -0.361 e. The largest absolute Gasteiger partial charge is 0.361 e. The smallest absolute Gasteiger partial charge is 0.191 e. The molecule has 3 N–H and O–H groups in total. The maximum absolute atomic E-state index is 13.4.